The normalized spacial score (nSPS) is 37.3. The van der Waals surface area contributed by atoms with E-state index in [4.69, 9.17) is 14.3 Å². The fourth-order valence-corrected chi connectivity index (χ4v) is 2.92. The summed E-state index contributed by atoms with van der Waals surface area (Å²) in [6.45, 7) is 1.44. The fraction of sp³-hybridized carbons (Fsp3) is 0.917. The average molecular weight is 241 g/mol. The summed E-state index contributed by atoms with van der Waals surface area (Å²) >= 11 is 0. The lowest BCUT2D eigenvalue weighted by Gasteiger charge is -2.24. The number of hydrogen-bond acceptors (Lipinski definition) is 4. The SMILES string of the molecule is O=C(NOC1CCOCC1)[C@@H]1C[C@@H]2CC[C@H]1O2. The molecule has 0 radical (unpaired) electrons. The maximum Gasteiger partial charge on any atom is 0.249 e. The van der Waals surface area contributed by atoms with Gasteiger partial charge in [0, 0.05) is 13.2 Å². The number of nitrogens with one attached hydrogen (secondary N) is 1. The molecule has 1 amide bonds. The molecule has 3 rings (SSSR count). The van der Waals surface area contributed by atoms with Gasteiger partial charge in [0.05, 0.1) is 24.2 Å². The molecule has 0 aromatic heterocycles. The van der Waals surface area contributed by atoms with Gasteiger partial charge >= 0.3 is 0 Å². The van der Waals surface area contributed by atoms with Gasteiger partial charge in [-0.2, -0.15) is 0 Å². The van der Waals surface area contributed by atoms with E-state index >= 15 is 0 Å². The lowest BCUT2D eigenvalue weighted by Crippen LogP contribution is -2.39. The van der Waals surface area contributed by atoms with Crippen LogP contribution in [0.25, 0.3) is 0 Å². The van der Waals surface area contributed by atoms with Crippen molar-refractivity contribution in [3.63, 3.8) is 0 Å². The highest BCUT2D eigenvalue weighted by molar-refractivity contribution is 5.78. The third-order valence-corrected chi connectivity index (χ3v) is 3.94. The summed E-state index contributed by atoms with van der Waals surface area (Å²) in [6.07, 6.45) is 5.22. The number of amides is 1. The summed E-state index contributed by atoms with van der Waals surface area (Å²) in [5.41, 5.74) is 2.60. The van der Waals surface area contributed by atoms with E-state index in [1.165, 1.54) is 0 Å². The summed E-state index contributed by atoms with van der Waals surface area (Å²) in [6, 6.07) is 0. The van der Waals surface area contributed by atoms with Crippen LogP contribution in [0.1, 0.15) is 32.1 Å². The highest BCUT2D eigenvalue weighted by atomic mass is 16.7. The molecule has 96 valence electrons. The van der Waals surface area contributed by atoms with E-state index in [0.717, 1.165) is 45.3 Å². The lowest BCUT2D eigenvalue weighted by molar-refractivity contribution is -0.149. The number of rotatable bonds is 3. The zero-order valence-corrected chi connectivity index (χ0v) is 9.89. The molecule has 3 saturated heterocycles. The highest BCUT2D eigenvalue weighted by Crippen LogP contribution is 2.38. The Morgan fingerprint density at radius 2 is 2.00 bits per heavy atom. The topological polar surface area (TPSA) is 56.8 Å². The third-order valence-electron chi connectivity index (χ3n) is 3.94. The van der Waals surface area contributed by atoms with Gasteiger partial charge in [0.1, 0.15) is 0 Å². The van der Waals surface area contributed by atoms with E-state index in [1.807, 2.05) is 0 Å². The Bertz CT molecular complexity index is 290. The van der Waals surface area contributed by atoms with Crippen molar-refractivity contribution in [1.29, 1.82) is 0 Å². The highest BCUT2D eigenvalue weighted by Gasteiger charge is 2.44. The molecular formula is C12H19NO4. The molecule has 1 N–H and O–H groups in total. The van der Waals surface area contributed by atoms with Gasteiger partial charge in [0.2, 0.25) is 5.91 Å². The number of hydroxylamine groups is 1. The number of fused-ring (bicyclic) bond motifs is 2. The average Bonchev–Trinajstić information content (AvgIpc) is 2.99. The van der Waals surface area contributed by atoms with Crippen molar-refractivity contribution in [3.8, 4) is 0 Å². The van der Waals surface area contributed by atoms with E-state index in [2.05, 4.69) is 5.48 Å². The molecule has 0 unspecified atom stereocenters. The maximum absolute atomic E-state index is 11.9. The van der Waals surface area contributed by atoms with Crippen molar-refractivity contribution < 1.29 is 19.1 Å². The maximum atomic E-state index is 11.9. The molecule has 3 heterocycles. The second-order valence-electron chi connectivity index (χ2n) is 5.11. The number of carbonyl (C=O) groups excluding carboxylic acids is 1. The van der Waals surface area contributed by atoms with Gasteiger partial charge in [-0.25, -0.2) is 5.48 Å². The van der Waals surface area contributed by atoms with Crippen LogP contribution in [-0.2, 0) is 19.1 Å². The molecule has 0 aromatic carbocycles. The predicted octanol–water partition coefficient (Wildman–Crippen LogP) is 0.781. The second kappa shape index (κ2) is 4.92. The minimum absolute atomic E-state index is 0.00593. The van der Waals surface area contributed by atoms with Crippen LogP contribution in [0.3, 0.4) is 0 Å². The summed E-state index contributed by atoms with van der Waals surface area (Å²) < 4.78 is 10.9. The lowest BCUT2D eigenvalue weighted by atomic mass is 9.89. The minimum Gasteiger partial charge on any atom is -0.381 e. The van der Waals surface area contributed by atoms with Crippen LogP contribution in [0, 0.1) is 5.92 Å². The smallest absolute Gasteiger partial charge is 0.249 e. The van der Waals surface area contributed by atoms with Crippen molar-refractivity contribution in [3.05, 3.63) is 0 Å². The molecule has 3 aliphatic rings. The van der Waals surface area contributed by atoms with E-state index in [1.54, 1.807) is 0 Å². The van der Waals surface area contributed by atoms with Crippen LogP contribution in [0.15, 0.2) is 0 Å². The van der Waals surface area contributed by atoms with Gasteiger partial charge < -0.3 is 9.47 Å². The molecule has 3 atom stereocenters. The first-order valence-electron chi connectivity index (χ1n) is 6.51. The first-order valence-corrected chi connectivity index (χ1v) is 6.51. The van der Waals surface area contributed by atoms with Gasteiger partial charge in [-0.1, -0.05) is 0 Å². The molecular weight excluding hydrogens is 222 g/mol. The molecule has 2 bridgehead atoms. The Morgan fingerprint density at radius 1 is 1.18 bits per heavy atom. The van der Waals surface area contributed by atoms with Crippen LogP contribution in [0.4, 0.5) is 0 Å². The Hall–Kier alpha value is -0.650. The summed E-state index contributed by atoms with van der Waals surface area (Å²) in [5, 5.41) is 0. The van der Waals surface area contributed by atoms with Crippen molar-refractivity contribution in [2.24, 2.45) is 5.92 Å². The minimum atomic E-state index is -0.0105. The van der Waals surface area contributed by atoms with E-state index in [9.17, 15) is 4.79 Å². The molecule has 0 spiro atoms. The zero-order valence-electron chi connectivity index (χ0n) is 9.89. The van der Waals surface area contributed by atoms with Crippen molar-refractivity contribution in [2.75, 3.05) is 13.2 Å². The van der Waals surface area contributed by atoms with Crippen molar-refractivity contribution >= 4 is 5.91 Å². The molecule has 5 heteroatoms. The Morgan fingerprint density at radius 3 is 2.65 bits per heavy atom. The van der Waals surface area contributed by atoms with E-state index in [0.29, 0.717) is 6.10 Å². The summed E-state index contributed by atoms with van der Waals surface area (Å²) in [7, 11) is 0. The second-order valence-corrected chi connectivity index (χ2v) is 5.11. The van der Waals surface area contributed by atoms with Gasteiger partial charge in [-0.3, -0.25) is 9.63 Å². The summed E-state index contributed by atoms with van der Waals surface area (Å²) in [4.78, 5) is 17.4. The van der Waals surface area contributed by atoms with Gasteiger partial charge in [-0.05, 0) is 32.1 Å². The molecule has 3 fully saturated rings. The van der Waals surface area contributed by atoms with Crippen molar-refractivity contribution in [2.45, 2.75) is 50.4 Å². The quantitative estimate of drug-likeness (QED) is 0.742. The van der Waals surface area contributed by atoms with Gasteiger partial charge in [-0.15, -0.1) is 0 Å². The van der Waals surface area contributed by atoms with Gasteiger partial charge in [0.25, 0.3) is 0 Å². The molecule has 0 saturated carbocycles. The van der Waals surface area contributed by atoms with Crippen LogP contribution in [0.2, 0.25) is 0 Å². The van der Waals surface area contributed by atoms with Gasteiger partial charge in [0.15, 0.2) is 0 Å². The Kier molecular flexibility index (Phi) is 3.31. The number of carbonyl (C=O) groups is 1. The van der Waals surface area contributed by atoms with Crippen LogP contribution < -0.4 is 5.48 Å². The van der Waals surface area contributed by atoms with Crippen LogP contribution >= 0.6 is 0 Å². The van der Waals surface area contributed by atoms with E-state index < -0.39 is 0 Å². The molecule has 17 heavy (non-hydrogen) atoms. The molecule has 0 aromatic rings. The van der Waals surface area contributed by atoms with Crippen molar-refractivity contribution in [1.82, 2.24) is 5.48 Å². The molecule has 0 aliphatic carbocycles. The first-order chi connectivity index (χ1) is 8.33. The summed E-state index contributed by atoms with van der Waals surface area (Å²) in [5.74, 6) is -0.0164. The molecule has 3 aliphatic heterocycles. The predicted molar refractivity (Wildman–Crippen MR) is 59.1 cm³/mol. The van der Waals surface area contributed by atoms with Crippen LogP contribution in [-0.4, -0.2) is 37.4 Å². The Balaban J connectivity index is 1.44. The Labute approximate surface area is 101 Å². The fourth-order valence-electron chi connectivity index (χ4n) is 2.92. The van der Waals surface area contributed by atoms with E-state index in [-0.39, 0.29) is 24.0 Å². The van der Waals surface area contributed by atoms with Crippen LogP contribution in [0.5, 0.6) is 0 Å². The number of ether oxygens (including phenoxy) is 2. The number of hydrogen-bond donors (Lipinski definition) is 1. The third kappa shape index (κ3) is 2.46. The molecule has 5 nitrogen and oxygen atoms in total. The standard InChI is InChI=1S/C12H19NO4/c14-12(10-7-9-1-2-11(10)16-9)13-17-8-3-5-15-6-4-8/h8-11H,1-7H2,(H,13,14)/t9-,10+,11+/m0/s1. The monoisotopic (exact) mass is 241 g/mol. The first kappa shape index (κ1) is 11.4. The zero-order chi connectivity index (χ0) is 11.7. The largest absolute Gasteiger partial charge is 0.381 e.